The number of rotatable bonds is 10. The van der Waals surface area contributed by atoms with Crippen LogP contribution in [0, 0.1) is 0 Å². The van der Waals surface area contributed by atoms with Crippen LogP contribution >= 0.6 is 0 Å². The Bertz CT molecular complexity index is 972. The Morgan fingerprint density at radius 1 is 1.00 bits per heavy atom. The summed E-state index contributed by atoms with van der Waals surface area (Å²) in [7, 11) is 0. The fourth-order valence-electron chi connectivity index (χ4n) is 4.16. The Labute approximate surface area is 194 Å². The van der Waals surface area contributed by atoms with E-state index in [1.165, 1.54) is 11.1 Å². The molecule has 0 aliphatic heterocycles. The molecule has 0 spiro atoms. The lowest BCUT2D eigenvalue weighted by Gasteiger charge is -2.26. The zero-order valence-corrected chi connectivity index (χ0v) is 19.4. The topological polar surface area (TPSA) is 105 Å². The van der Waals surface area contributed by atoms with E-state index in [2.05, 4.69) is 34.9 Å². The molecule has 2 amide bonds. The SMILES string of the molecule is CC(CCC(=O)O)NC(=O)CCC(C)(C)NC(=O)OCC1c2ccccc2-c2ccccc21. The van der Waals surface area contributed by atoms with Crippen LogP contribution in [0.5, 0.6) is 0 Å². The molecule has 3 N–H and O–H groups in total. The second kappa shape index (κ2) is 10.5. The van der Waals surface area contributed by atoms with Crippen molar-refractivity contribution in [1.29, 1.82) is 0 Å². The molecule has 2 aromatic carbocycles. The van der Waals surface area contributed by atoms with Crippen molar-refractivity contribution < 1.29 is 24.2 Å². The molecule has 1 aliphatic carbocycles. The van der Waals surface area contributed by atoms with Crippen molar-refractivity contribution in [2.24, 2.45) is 0 Å². The van der Waals surface area contributed by atoms with E-state index in [0.717, 1.165) is 11.1 Å². The summed E-state index contributed by atoms with van der Waals surface area (Å²) >= 11 is 0. The monoisotopic (exact) mass is 452 g/mol. The standard InChI is InChI=1S/C26H32N2O5/c1-17(12-13-24(30)31)27-23(29)14-15-26(2,3)28-25(32)33-16-22-20-10-6-4-8-18(20)19-9-5-7-11-21(19)22/h4-11,17,22H,12-16H2,1-3H3,(H,27,29)(H,28,32)(H,30,31). The molecule has 1 atom stereocenters. The predicted molar refractivity (Wildman–Crippen MR) is 126 cm³/mol. The van der Waals surface area contributed by atoms with Gasteiger partial charge in [-0.15, -0.1) is 0 Å². The first-order valence-electron chi connectivity index (χ1n) is 11.3. The summed E-state index contributed by atoms with van der Waals surface area (Å²) in [6, 6.07) is 16.1. The summed E-state index contributed by atoms with van der Waals surface area (Å²) in [5, 5.41) is 14.4. The normalized spacial score (nSPS) is 13.5. The molecule has 7 heteroatoms. The van der Waals surface area contributed by atoms with E-state index in [0.29, 0.717) is 12.8 Å². The summed E-state index contributed by atoms with van der Waals surface area (Å²) in [6.45, 7) is 5.70. The number of amides is 2. The van der Waals surface area contributed by atoms with Crippen LogP contribution in [0.25, 0.3) is 11.1 Å². The first-order valence-corrected chi connectivity index (χ1v) is 11.3. The maximum absolute atomic E-state index is 12.5. The summed E-state index contributed by atoms with van der Waals surface area (Å²) in [5.41, 5.74) is 4.01. The number of carboxylic acids is 1. The molecule has 0 saturated carbocycles. The maximum atomic E-state index is 12.5. The molecule has 2 aromatic rings. The van der Waals surface area contributed by atoms with Crippen molar-refractivity contribution in [1.82, 2.24) is 10.6 Å². The van der Waals surface area contributed by atoms with Gasteiger partial charge in [0.2, 0.25) is 5.91 Å². The fourth-order valence-corrected chi connectivity index (χ4v) is 4.16. The number of aliphatic carboxylic acids is 1. The lowest BCUT2D eigenvalue weighted by atomic mass is 9.98. The Hall–Kier alpha value is -3.35. The van der Waals surface area contributed by atoms with Crippen molar-refractivity contribution in [3.8, 4) is 11.1 Å². The van der Waals surface area contributed by atoms with E-state index in [9.17, 15) is 14.4 Å². The molecule has 0 radical (unpaired) electrons. The highest BCUT2D eigenvalue weighted by atomic mass is 16.5. The average molecular weight is 453 g/mol. The van der Waals surface area contributed by atoms with Crippen LogP contribution in [-0.2, 0) is 14.3 Å². The lowest BCUT2D eigenvalue weighted by molar-refractivity contribution is -0.137. The van der Waals surface area contributed by atoms with Gasteiger partial charge in [-0.3, -0.25) is 9.59 Å². The van der Waals surface area contributed by atoms with E-state index >= 15 is 0 Å². The van der Waals surface area contributed by atoms with Gasteiger partial charge in [0.15, 0.2) is 0 Å². The van der Waals surface area contributed by atoms with E-state index in [1.54, 1.807) is 6.92 Å². The van der Waals surface area contributed by atoms with Gasteiger partial charge in [0.25, 0.3) is 0 Å². The van der Waals surface area contributed by atoms with Gasteiger partial charge in [-0.25, -0.2) is 4.79 Å². The molecule has 0 saturated heterocycles. The Kier molecular flexibility index (Phi) is 7.74. The quantitative estimate of drug-likeness (QED) is 0.494. The Balaban J connectivity index is 1.48. The van der Waals surface area contributed by atoms with Crippen LogP contribution < -0.4 is 10.6 Å². The zero-order valence-electron chi connectivity index (χ0n) is 19.4. The van der Waals surface area contributed by atoms with Gasteiger partial charge >= 0.3 is 12.1 Å². The molecular weight excluding hydrogens is 420 g/mol. The predicted octanol–water partition coefficient (Wildman–Crippen LogP) is 4.45. The lowest BCUT2D eigenvalue weighted by Crippen LogP contribution is -2.45. The van der Waals surface area contributed by atoms with Crippen molar-refractivity contribution >= 4 is 18.0 Å². The minimum absolute atomic E-state index is 0.00988. The first-order chi connectivity index (χ1) is 15.7. The number of alkyl carbamates (subject to hydrolysis) is 1. The van der Waals surface area contributed by atoms with Crippen molar-refractivity contribution in [3.05, 3.63) is 59.7 Å². The summed E-state index contributed by atoms with van der Waals surface area (Å²) in [5.74, 6) is -1.07. The van der Waals surface area contributed by atoms with Crippen molar-refractivity contribution in [2.75, 3.05) is 6.61 Å². The molecular formula is C26H32N2O5. The minimum Gasteiger partial charge on any atom is -0.481 e. The summed E-state index contributed by atoms with van der Waals surface area (Å²) < 4.78 is 5.60. The largest absolute Gasteiger partial charge is 0.481 e. The highest BCUT2D eigenvalue weighted by Crippen LogP contribution is 2.44. The van der Waals surface area contributed by atoms with Gasteiger partial charge in [-0.1, -0.05) is 48.5 Å². The smallest absolute Gasteiger partial charge is 0.407 e. The number of ether oxygens (including phenoxy) is 1. The van der Waals surface area contributed by atoms with E-state index in [4.69, 9.17) is 9.84 Å². The van der Waals surface area contributed by atoms with Gasteiger partial charge in [0, 0.05) is 30.3 Å². The molecule has 0 bridgehead atoms. The number of carboxylic acid groups (broad SMARTS) is 1. The number of benzene rings is 2. The number of carbonyl (C=O) groups is 3. The highest BCUT2D eigenvalue weighted by molar-refractivity contribution is 5.79. The second-order valence-electron chi connectivity index (χ2n) is 9.24. The Morgan fingerprint density at radius 3 is 2.15 bits per heavy atom. The molecule has 33 heavy (non-hydrogen) atoms. The molecule has 1 aliphatic rings. The summed E-state index contributed by atoms with van der Waals surface area (Å²) in [6.07, 6.45) is 0.513. The fraction of sp³-hybridized carbons (Fsp3) is 0.423. The third kappa shape index (κ3) is 6.57. The first kappa shape index (κ1) is 24.3. The van der Waals surface area contributed by atoms with Crippen molar-refractivity contribution in [2.45, 2.75) is 64.0 Å². The maximum Gasteiger partial charge on any atom is 0.407 e. The van der Waals surface area contributed by atoms with Crippen LogP contribution in [0.3, 0.4) is 0 Å². The van der Waals surface area contributed by atoms with Crippen LogP contribution in [-0.4, -0.2) is 41.3 Å². The second-order valence-corrected chi connectivity index (χ2v) is 9.24. The third-order valence-electron chi connectivity index (χ3n) is 5.96. The Morgan fingerprint density at radius 2 is 1.58 bits per heavy atom. The molecule has 1 unspecified atom stereocenters. The van der Waals surface area contributed by atoms with Crippen LogP contribution in [0.1, 0.15) is 63.5 Å². The average Bonchev–Trinajstić information content (AvgIpc) is 3.08. The number of nitrogens with one attached hydrogen (secondary N) is 2. The molecule has 0 heterocycles. The molecule has 0 fully saturated rings. The molecule has 7 nitrogen and oxygen atoms in total. The van der Waals surface area contributed by atoms with Crippen LogP contribution in [0.15, 0.2) is 48.5 Å². The van der Waals surface area contributed by atoms with Gasteiger partial charge in [-0.05, 0) is 55.9 Å². The molecule has 3 rings (SSSR count). The van der Waals surface area contributed by atoms with Gasteiger partial charge < -0.3 is 20.5 Å². The van der Waals surface area contributed by atoms with Gasteiger partial charge in [0.05, 0.1) is 0 Å². The van der Waals surface area contributed by atoms with Crippen molar-refractivity contribution in [3.63, 3.8) is 0 Å². The minimum atomic E-state index is -0.885. The van der Waals surface area contributed by atoms with E-state index in [-0.39, 0.29) is 37.3 Å². The number of carbonyl (C=O) groups excluding carboxylic acids is 2. The van der Waals surface area contributed by atoms with Gasteiger partial charge in [-0.2, -0.15) is 0 Å². The number of hydrogen-bond acceptors (Lipinski definition) is 4. The van der Waals surface area contributed by atoms with Crippen LogP contribution in [0.2, 0.25) is 0 Å². The van der Waals surface area contributed by atoms with Gasteiger partial charge in [0.1, 0.15) is 6.61 Å². The van der Waals surface area contributed by atoms with E-state index < -0.39 is 17.6 Å². The summed E-state index contributed by atoms with van der Waals surface area (Å²) in [4.78, 5) is 35.3. The number of fused-ring (bicyclic) bond motifs is 3. The third-order valence-corrected chi connectivity index (χ3v) is 5.96. The molecule has 0 aromatic heterocycles. The highest BCUT2D eigenvalue weighted by Gasteiger charge is 2.30. The molecule has 176 valence electrons. The van der Waals surface area contributed by atoms with E-state index in [1.807, 2.05) is 38.1 Å². The van der Waals surface area contributed by atoms with Crippen LogP contribution in [0.4, 0.5) is 4.79 Å². The zero-order chi connectivity index (χ0) is 24.0. The number of hydrogen-bond donors (Lipinski definition) is 3.